The van der Waals surface area contributed by atoms with Crippen molar-refractivity contribution in [2.45, 2.75) is 72.3 Å². The molecule has 176 valence electrons. The van der Waals surface area contributed by atoms with Crippen LogP contribution in [0.1, 0.15) is 53.9 Å². The fourth-order valence-corrected chi connectivity index (χ4v) is 5.38. The van der Waals surface area contributed by atoms with E-state index in [9.17, 15) is 14.2 Å². The summed E-state index contributed by atoms with van der Waals surface area (Å²) in [6, 6.07) is 0. The Labute approximate surface area is 182 Å². The van der Waals surface area contributed by atoms with E-state index in [0.29, 0.717) is 50.2 Å². The molecule has 31 heavy (non-hydrogen) atoms. The lowest BCUT2D eigenvalue weighted by Gasteiger charge is -2.32. The minimum atomic E-state index is -3.26. The second-order valence-electron chi connectivity index (χ2n) is 7.91. The predicted octanol–water partition coefficient (Wildman–Crippen LogP) is 3.11. The largest absolute Gasteiger partial charge is 0.361 e. The van der Waals surface area contributed by atoms with E-state index >= 15 is 0 Å². The molecule has 0 bridgehead atoms. The molecule has 2 heterocycles. The first-order chi connectivity index (χ1) is 14.6. The summed E-state index contributed by atoms with van der Waals surface area (Å²) in [7, 11) is -1.66. The Morgan fingerprint density at radius 3 is 2.29 bits per heavy atom. The third-order valence-electron chi connectivity index (χ3n) is 5.30. The molecular formula is C20H35N4O6P. The van der Waals surface area contributed by atoms with Crippen LogP contribution in [0, 0.1) is 0 Å². The SMILES string of the molecule is CCOCn1cnc2c1c(=O)n(CCCCC(C)(C)P(=O)(OCC)OCC)c(=O)n2C. The summed E-state index contributed by atoms with van der Waals surface area (Å²) in [6.07, 6.45) is 3.31. The molecule has 0 aliphatic heterocycles. The van der Waals surface area contributed by atoms with E-state index in [4.69, 9.17) is 13.8 Å². The van der Waals surface area contributed by atoms with Gasteiger partial charge in [-0.2, -0.15) is 0 Å². The third kappa shape index (κ3) is 5.37. The second kappa shape index (κ2) is 10.7. The number of aromatic nitrogens is 4. The van der Waals surface area contributed by atoms with Gasteiger partial charge < -0.3 is 18.4 Å². The van der Waals surface area contributed by atoms with Crippen molar-refractivity contribution in [2.24, 2.45) is 7.05 Å². The van der Waals surface area contributed by atoms with Gasteiger partial charge in [-0.15, -0.1) is 0 Å². The van der Waals surface area contributed by atoms with Gasteiger partial charge in [0.1, 0.15) is 6.73 Å². The molecule has 0 saturated heterocycles. The Balaban J connectivity index is 2.18. The van der Waals surface area contributed by atoms with Crippen molar-refractivity contribution in [3.8, 4) is 0 Å². The van der Waals surface area contributed by atoms with Crippen LogP contribution in [0.25, 0.3) is 11.2 Å². The zero-order valence-corrected chi connectivity index (χ0v) is 20.3. The zero-order chi connectivity index (χ0) is 23.2. The topological polar surface area (TPSA) is 107 Å². The van der Waals surface area contributed by atoms with Gasteiger partial charge in [0, 0.05) is 20.2 Å². The Morgan fingerprint density at radius 1 is 1.06 bits per heavy atom. The van der Waals surface area contributed by atoms with Crippen LogP contribution in [-0.2, 0) is 38.7 Å². The number of hydrogen-bond donors (Lipinski definition) is 0. The molecule has 0 N–H and O–H groups in total. The van der Waals surface area contributed by atoms with Gasteiger partial charge >= 0.3 is 13.3 Å². The summed E-state index contributed by atoms with van der Waals surface area (Å²) >= 11 is 0. The van der Waals surface area contributed by atoms with Gasteiger partial charge in [-0.25, -0.2) is 9.78 Å². The molecular weight excluding hydrogens is 423 g/mol. The Morgan fingerprint density at radius 2 is 1.71 bits per heavy atom. The summed E-state index contributed by atoms with van der Waals surface area (Å²) in [5, 5.41) is -0.672. The minimum Gasteiger partial charge on any atom is -0.361 e. The van der Waals surface area contributed by atoms with Gasteiger partial charge in [-0.1, -0.05) is 6.42 Å². The van der Waals surface area contributed by atoms with E-state index in [1.165, 1.54) is 15.5 Å². The van der Waals surface area contributed by atoms with E-state index in [1.54, 1.807) is 25.5 Å². The Kier molecular flexibility index (Phi) is 8.83. The third-order valence-corrected chi connectivity index (χ3v) is 8.20. The highest BCUT2D eigenvalue weighted by Crippen LogP contribution is 2.61. The lowest BCUT2D eigenvalue weighted by atomic mass is 10.1. The summed E-state index contributed by atoms with van der Waals surface area (Å²) < 4.78 is 33.7. The molecule has 10 nitrogen and oxygen atoms in total. The molecule has 2 aromatic rings. The summed E-state index contributed by atoms with van der Waals surface area (Å²) in [4.78, 5) is 29.9. The number of fused-ring (bicyclic) bond motifs is 1. The molecule has 0 saturated carbocycles. The smallest absolute Gasteiger partial charge is 0.336 e. The van der Waals surface area contributed by atoms with Gasteiger partial charge in [-0.3, -0.25) is 18.5 Å². The molecule has 11 heteroatoms. The monoisotopic (exact) mass is 458 g/mol. The summed E-state index contributed by atoms with van der Waals surface area (Å²) in [5.74, 6) is 0. The van der Waals surface area contributed by atoms with Crippen LogP contribution in [0.3, 0.4) is 0 Å². The molecule has 0 aliphatic carbocycles. The van der Waals surface area contributed by atoms with Crippen LogP contribution in [-0.4, -0.2) is 43.7 Å². The van der Waals surface area contributed by atoms with Crippen LogP contribution < -0.4 is 11.2 Å². The van der Waals surface area contributed by atoms with Gasteiger partial charge in [0.25, 0.3) is 5.56 Å². The lowest BCUT2D eigenvalue weighted by molar-refractivity contribution is 0.0903. The molecule has 0 amide bonds. The van der Waals surface area contributed by atoms with Gasteiger partial charge in [0.05, 0.1) is 24.7 Å². The van der Waals surface area contributed by atoms with Crippen molar-refractivity contribution in [1.29, 1.82) is 0 Å². The first kappa shape index (κ1) is 25.5. The predicted molar refractivity (Wildman–Crippen MR) is 120 cm³/mol. The van der Waals surface area contributed by atoms with Crippen LogP contribution in [0.4, 0.5) is 0 Å². The van der Waals surface area contributed by atoms with Gasteiger partial charge in [-0.05, 0) is 47.5 Å². The zero-order valence-electron chi connectivity index (χ0n) is 19.4. The fraction of sp³-hybridized carbons (Fsp3) is 0.750. The molecule has 2 aromatic heterocycles. The van der Waals surface area contributed by atoms with Crippen molar-refractivity contribution < 1.29 is 18.3 Å². The minimum absolute atomic E-state index is 0.193. The number of unbranched alkanes of at least 4 members (excludes halogenated alkanes) is 1. The average molecular weight is 458 g/mol. The van der Waals surface area contributed by atoms with Crippen LogP contribution in [0.5, 0.6) is 0 Å². The molecule has 0 radical (unpaired) electrons. The fourth-order valence-electron chi connectivity index (χ4n) is 3.50. The second-order valence-corrected chi connectivity index (χ2v) is 10.6. The van der Waals surface area contributed by atoms with Crippen molar-refractivity contribution in [1.82, 2.24) is 18.7 Å². The Hall–Kier alpha value is -1.74. The lowest BCUT2D eigenvalue weighted by Crippen LogP contribution is -2.39. The van der Waals surface area contributed by atoms with E-state index in [-0.39, 0.29) is 18.8 Å². The van der Waals surface area contributed by atoms with E-state index < -0.39 is 18.4 Å². The average Bonchev–Trinajstić information content (AvgIpc) is 3.14. The number of hydrogen-bond acceptors (Lipinski definition) is 7. The van der Waals surface area contributed by atoms with E-state index in [0.717, 1.165) is 0 Å². The molecule has 0 fully saturated rings. The van der Waals surface area contributed by atoms with Crippen molar-refractivity contribution in [3.63, 3.8) is 0 Å². The van der Waals surface area contributed by atoms with Crippen molar-refractivity contribution in [2.75, 3.05) is 19.8 Å². The normalized spacial score (nSPS) is 12.7. The first-order valence-corrected chi connectivity index (χ1v) is 12.3. The maximum Gasteiger partial charge on any atom is 0.336 e. The number of nitrogens with zero attached hydrogens (tertiary/aromatic N) is 4. The van der Waals surface area contributed by atoms with Crippen molar-refractivity contribution >= 4 is 18.8 Å². The molecule has 0 atom stereocenters. The molecule has 2 rings (SSSR count). The molecule has 0 unspecified atom stereocenters. The molecule has 0 spiro atoms. The quantitative estimate of drug-likeness (QED) is 0.335. The van der Waals surface area contributed by atoms with E-state index in [2.05, 4.69) is 4.98 Å². The van der Waals surface area contributed by atoms with E-state index in [1.807, 2.05) is 20.8 Å². The van der Waals surface area contributed by atoms with Gasteiger partial charge in [0.15, 0.2) is 11.2 Å². The highest BCUT2D eigenvalue weighted by Gasteiger charge is 2.42. The van der Waals surface area contributed by atoms with Crippen LogP contribution >= 0.6 is 7.60 Å². The summed E-state index contributed by atoms with van der Waals surface area (Å²) in [6.45, 7) is 10.7. The van der Waals surface area contributed by atoms with Gasteiger partial charge in [0.2, 0.25) is 0 Å². The number of imidazole rings is 1. The van der Waals surface area contributed by atoms with Crippen LogP contribution in [0.2, 0.25) is 0 Å². The summed E-state index contributed by atoms with van der Waals surface area (Å²) in [5.41, 5.74) is -0.119. The first-order valence-electron chi connectivity index (χ1n) is 10.7. The maximum absolute atomic E-state index is 13.1. The van der Waals surface area contributed by atoms with Crippen molar-refractivity contribution in [3.05, 3.63) is 27.2 Å². The molecule has 0 aliphatic rings. The number of rotatable bonds is 13. The Bertz CT molecular complexity index is 1030. The molecule has 0 aromatic carbocycles. The van der Waals surface area contributed by atoms with Crippen LogP contribution in [0.15, 0.2) is 15.9 Å². The highest BCUT2D eigenvalue weighted by molar-refractivity contribution is 7.55. The standard InChI is InChI=1S/C20H35N4O6P/c1-7-28-15-23-14-21-17-16(23)18(25)24(19(26)22(17)6)13-11-10-12-20(4,5)31(27,29-8-2)30-9-3/h14H,7-13,15H2,1-6H3. The number of ether oxygens (including phenoxy) is 1. The maximum atomic E-state index is 13.1. The number of aryl methyl sites for hydroxylation is 1. The highest BCUT2D eigenvalue weighted by atomic mass is 31.2.